The summed E-state index contributed by atoms with van der Waals surface area (Å²) in [6.07, 6.45) is 2.56. The molecule has 0 aliphatic carbocycles. The van der Waals surface area contributed by atoms with Gasteiger partial charge in [-0.2, -0.15) is 0 Å². The highest BCUT2D eigenvalue weighted by Crippen LogP contribution is 2.26. The second kappa shape index (κ2) is 6.69. The Bertz CT molecular complexity index is 511. The van der Waals surface area contributed by atoms with E-state index in [4.69, 9.17) is 4.74 Å². The molecule has 104 valence electrons. The minimum absolute atomic E-state index is 0.256. The van der Waals surface area contributed by atoms with Crippen molar-refractivity contribution in [3.8, 4) is 0 Å². The summed E-state index contributed by atoms with van der Waals surface area (Å²) >= 11 is 0. The first kappa shape index (κ1) is 13.3. The van der Waals surface area contributed by atoms with Crippen molar-refractivity contribution in [2.45, 2.75) is 31.6 Å². The van der Waals surface area contributed by atoms with E-state index in [1.54, 1.807) is 0 Å². The largest absolute Gasteiger partial charge is 0.372 e. The molecule has 0 unspecified atom stereocenters. The SMILES string of the molecule is c1ccc(CO[C@@H]2CCCN[C@H]2c2ccccc2)cc1. The van der Waals surface area contributed by atoms with Crippen LogP contribution >= 0.6 is 0 Å². The highest BCUT2D eigenvalue weighted by Gasteiger charge is 2.26. The molecule has 0 aromatic heterocycles. The van der Waals surface area contributed by atoms with Crippen LogP contribution in [0.25, 0.3) is 0 Å². The second-order valence-electron chi connectivity index (χ2n) is 5.32. The highest BCUT2D eigenvalue weighted by molar-refractivity contribution is 5.21. The van der Waals surface area contributed by atoms with Gasteiger partial charge in [0.25, 0.3) is 0 Å². The van der Waals surface area contributed by atoms with Crippen molar-refractivity contribution in [2.75, 3.05) is 6.54 Å². The summed E-state index contributed by atoms with van der Waals surface area (Å²) < 4.78 is 6.17. The van der Waals surface area contributed by atoms with Crippen LogP contribution in [0.1, 0.15) is 30.0 Å². The summed E-state index contributed by atoms with van der Waals surface area (Å²) in [6.45, 7) is 1.77. The summed E-state index contributed by atoms with van der Waals surface area (Å²) in [6, 6.07) is 21.3. The molecule has 2 aromatic carbocycles. The number of benzene rings is 2. The lowest BCUT2D eigenvalue weighted by Crippen LogP contribution is -2.39. The van der Waals surface area contributed by atoms with Gasteiger partial charge in [-0.05, 0) is 30.5 Å². The van der Waals surface area contributed by atoms with E-state index in [9.17, 15) is 0 Å². The lowest BCUT2D eigenvalue weighted by atomic mass is 9.94. The Labute approximate surface area is 120 Å². The first-order chi connectivity index (χ1) is 9.93. The maximum Gasteiger partial charge on any atom is 0.0774 e. The molecular weight excluding hydrogens is 246 g/mol. The predicted molar refractivity (Wildman–Crippen MR) is 81.4 cm³/mol. The molecule has 1 N–H and O–H groups in total. The van der Waals surface area contributed by atoms with E-state index in [-0.39, 0.29) is 6.10 Å². The molecule has 2 atom stereocenters. The highest BCUT2D eigenvalue weighted by atomic mass is 16.5. The van der Waals surface area contributed by atoms with E-state index in [1.165, 1.54) is 17.5 Å². The number of ether oxygens (including phenoxy) is 1. The van der Waals surface area contributed by atoms with Crippen molar-refractivity contribution in [1.29, 1.82) is 0 Å². The molecule has 1 fully saturated rings. The first-order valence-corrected chi connectivity index (χ1v) is 7.37. The number of piperidine rings is 1. The lowest BCUT2D eigenvalue weighted by molar-refractivity contribution is -0.00356. The summed E-state index contributed by atoms with van der Waals surface area (Å²) in [5, 5.41) is 3.60. The van der Waals surface area contributed by atoms with Crippen molar-refractivity contribution in [1.82, 2.24) is 5.32 Å². The maximum absolute atomic E-state index is 6.17. The van der Waals surface area contributed by atoms with Crippen molar-refractivity contribution in [3.05, 3.63) is 71.8 Å². The van der Waals surface area contributed by atoms with Gasteiger partial charge in [0.1, 0.15) is 0 Å². The van der Waals surface area contributed by atoms with Gasteiger partial charge >= 0.3 is 0 Å². The van der Waals surface area contributed by atoms with Gasteiger partial charge in [-0.15, -0.1) is 0 Å². The van der Waals surface area contributed by atoms with E-state index in [0.717, 1.165) is 13.0 Å². The van der Waals surface area contributed by atoms with Gasteiger partial charge in [-0.1, -0.05) is 60.7 Å². The van der Waals surface area contributed by atoms with Gasteiger partial charge in [0.2, 0.25) is 0 Å². The summed E-state index contributed by atoms with van der Waals surface area (Å²) in [4.78, 5) is 0. The fourth-order valence-corrected chi connectivity index (χ4v) is 2.81. The molecule has 1 aliphatic rings. The van der Waals surface area contributed by atoms with Crippen molar-refractivity contribution < 1.29 is 4.74 Å². The molecular formula is C18H21NO. The third kappa shape index (κ3) is 3.27. The Balaban J connectivity index is 1.67. The Morgan fingerprint density at radius 2 is 1.65 bits per heavy atom. The Morgan fingerprint density at radius 1 is 0.950 bits per heavy atom. The number of hydrogen-bond acceptors (Lipinski definition) is 2. The molecule has 0 spiro atoms. The normalized spacial score (nSPS) is 22.6. The molecule has 0 saturated carbocycles. The van der Waals surface area contributed by atoms with Gasteiger partial charge in [-0.3, -0.25) is 0 Å². The molecule has 1 aliphatic heterocycles. The Morgan fingerprint density at radius 3 is 2.40 bits per heavy atom. The molecule has 2 aromatic rings. The zero-order chi connectivity index (χ0) is 13.6. The van der Waals surface area contributed by atoms with Gasteiger partial charge in [0, 0.05) is 0 Å². The van der Waals surface area contributed by atoms with Crippen LogP contribution < -0.4 is 5.32 Å². The van der Waals surface area contributed by atoms with Crippen LogP contribution in [-0.2, 0) is 11.3 Å². The molecule has 20 heavy (non-hydrogen) atoms. The fraction of sp³-hybridized carbons (Fsp3) is 0.333. The Hall–Kier alpha value is -1.64. The van der Waals surface area contributed by atoms with E-state index < -0.39 is 0 Å². The van der Waals surface area contributed by atoms with E-state index in [2.05, 4.69) is 59.9 Å². The quantitative estimate of drug-likeness (QED) is 0.912. The molecule has 3 rings (SSSR count). The van der Waals surface area contributed by atoms with Crippen LogP contribution in [0.4, 0.5) is 0 Å². The van der Waals surface area contributed by atoms with Crippen LogP contribution in [0, 0.1) is 0 Å². The van der Waals surface area contributed by atoms with Crippen LogP contribution in [0.2, 0.25) is 0 Å². The van der Waals surface area contributed by atoms with Crippen LogP contribution in [0.5, 0.6) is 0 Å². The fourth-order valence-electron chi connectivity index (χ4n) is 2.81. The van der Waals surface area contributed by atoms with Gasteiger partial charge in [0.05, 0.1) is 18.8 Å². The third-order valence-corrected chi connectivity index (χ3v) is 3.87. The molecule has 2 heteroatoms. The molecule has 1 saturated heterocycles. The summed E-state index contributed by atoms with van der Waals surface area (Å²) in [7, 11) is 0. The van der Waals surface area contributed by atoms with Gasteiger partial charge < -0.3 is 10.1 Å². The van der Waals surface area contributed by atoms with E-state index in [1.807, 2.05) is 6.07 Å². The minimum atomic E-state index is 0.256. The molecule has 0 radical (unpaired) electrons. The lowest BCUT2D eigenvalue weighted by Gasteiger charge is -2.33. The van der Waals surface area contributed by atoms with Gasteiger partial charge in [0.15, 0.2) is 0 Å². The average molecular weight is 267 g/mol. The van der Waals surface area contributed by atoms with Crippen molar-refractivity contribution in [2.24, 2.45) is 0 Å². The van der Waals surface area contributed by atoms with Crippen LogP contribution in [0.15, 0.2) is 60.7 Å². The topological polar surface area (TPSA) is 21.3 Å². The van der Waals surface area contributed by atoms with E-state index in [0.29, 0.717) is 12.6 Å². The summed E-state index contributed by atoms with van der Waals surface area (Å²) in [5.41, 5.74) is 2.56. The zero-order valence-corrected chi connectivity index (χ0v) is 11.7. The first-order valence-electron chi connectivity index (χ1n) is 7.37. The van der Waals surface area contributed by atoms with Crippen molar-refractivity contribution >= 4 is 0 Å². The number of hydrogen-bond donors (Lipinski definition) is 1. The molecule has 0 amide bonds. The predicted octanol–water partition coefficient (Wildman–Crippen LogP) is 3.70. The van der Waals surface area contributed by atoms with Crippen LogP contribution in [-0.4, -0.2) is 12.6 Å². The molecule has 1 heterocycles. The number of rotatable bonds is 4. The van der Waals surface area contributed by atoms with Crippen molar-refractivity contribution in [3.63, 3.8) is 0 Å². The second-order valence-corrected chi connectivity index (χ2v) is 5.32. The van der Waals surface area contributed by atoms with Crippen LogP contribution in [0.3, 0.4) is 0 Å². The zero-order valence-electron chi connectivity index (χ0n) is 11.7. The molecule has 2 nitrogen and oxygen atoms in total. The maximum atomic E-state index is 6.17. The summed E-state index contributed by atoms with van der Waals surface area (Å²) in [5.74, 6) is 0. The number of nitrogens with one attached hydrogen (secondary N) is 1. The van der Waals surface area contributed by atoms with E-state index >= 15 is 0 Å². The smallest absolute Gasteiger partial charge is 0.0774 e. The van der Waals surface area contributed by atoms with Gasteiger partial charge in [-0.25, -0.2) is 0 Å². The standard InChI is InChI=1S/C18H21NO/c1-3-8-15(9-4-1)14-20-17-12-7-13-19-18(17)16-10-5-2-6-11-16/h1-6,8-11,17-19H,7,12-14H2/t17-,18+/m1/s1. The third-order valence-electron chi connectivity index (χ3n) is 3.87. The minimum Gasteiger partial charge on any atom is -0.372 e. The molecule has 0 bridgehead atoms. The average Bonchev–Trinajstić information content (AvgIpc) is 2.55. The Kier molecular flexibility index (Phi) is 4.46. The monoisotopic (exact) mass is 267 g/mol.